The van der Waals surface area contributed by atoms with Crippen LogP contribution in [0.3, 0.4) is 0 Å². The molecule has 0 heterocycles. The molecule has 0 aromatic heterocycles. The van der Waals surface area contributed by atoms with E-state index in [2.05, 4.69) is 4.47 Å². The first-order chi connectivity index (χ1) is 3.41. The Bertz CT molecular complexity index is 130. The molecule has 0 aliphatic rings. The van der Waals surface area contributed by atoms with Crippen molar-refractivity contribution in [3.8, 4) is 6.19 Å². The summed E-state index contributed by atoms with van der Waals surface area (Å²) in [5, 5.41) is 15.6. The number of aliphatic hydroxyl groups is 1. The predicted octanol–water partition coefficient (Wildman–Crippen LogP) is -0.444. The maximum Gasteiger partial charge on any atom is 0.199 e. The highest BCUT2D eigenvalue weighted by molar-refractivity contribution is 7.66. The lowest BCUT2D eigenvalue weighted by molar-refractivity contribution is 0.593. The van der Waals surface area contributed by atoms with Crippen molar-refractivity contribution < 1.29 is 5.11 Å². The SMILES string of the molecule is N#CNN=S=CO. The van der Waals surface area contributed by atoms with Crippen LogP contribution >= 0.6 is 0 Å². The van der Waals surface area contributed by atoms with Gasteiger partial charge in [0.25, 0.3) is 0 Å². The second-order valence-corrected chi connectivity index (χ2v) is 1.13. The van der Waals surface area contributed by atoms with Gasteiger partial charge >= 0.3 is 0 Å². The van der Waals surface area contributed by atoms with Crippen LogP contribution in [0.2, 0.25) is 0 Å². The Labute approximate surface area is 44.1 Å². The highest BCUT2D eigenvalue weighted by atomic mass is 32.1. The molecule has 0 unspecified atom stereocenters. The summed E-state index contributed by atoms with van der Waals surface area (Å²) in [6.45, 7) is 0. The van der Waals surface area contributed by atoms with Crippen LogP contribution in [0.4, 0.5) is 0 Å². The maximum atomic E-state index is 7.89. The summed E-state index contributed by atoms with van der Waals surface area (Å²) in [7, 11) is 0. The number of hydrogen-bond donors (Lipinski definition) is 2. The van der Waals surface area contributed by atoms with Crippen molar-refractivity contribution in [2.45, 2.75) is 0 Å². The van der Waals surface area contributed by atoms with Crippen molar-refractivity contribution in [3.63, 3.8) is 0 Å². The molecule has 0 fully saturated rings. The topological polar surface area (TPSA) is 68.4 Å². The molecular formula is C2H3N3OS. The molecule has 0 saturated carbocycles. The monoisotopic (exact) mass is 117 g/mol. The lowest BCUT2D eigenvalue weighted by Gasteiger charge is -1.68. The summed E-state index contributed by atoms with van der Waals surface area (Å²) in [5.41, 5.74) is 2.72. The zero-order chi connectivity index (χ0) is 5.54. The van der Waals surface area contributed by atoms with Crippen molar-refractivity contribution >= 4 is 16.7 Å². The molecule has 4 nitrogen and oxygen atoms in total. The van der Waals surface area contributed by atoms with Gasteiger partial charge in [-0.15, -0.1) is 4.47 Å². The molecule has 0 aliphatic heterocycles. The van der Waals surface area contributed by atoms with E-state index in [-0.39, 0.29) is 0 Å². The number of nitrogens with one attached hydrogen (secondary N) is 1. The van der Waals surface area contributed by atoms with Crippen LogP contribution in [0.1, 0.15) is 0 Å². The summed E-state index contributed by atoms with van der Waals surface area (Å²) >= 11 is 0.755. The van der Waals surface area contributed by atoms with Crippen LogP contribution in [0.15, 0.2) is 4.47 Å². The molecule has 0 aromatic carbocycles. The molecule has 7 heavy (non-hydrogen) atoms. The van der Waals surface area contributed by atoms with E-state index in [0.717, 1.165) is 16.7 Å². The van der Waals surface area contributed by atoms with Crippen LogP contribution < -0.4 is 5.43 Å². The molecule has 0 radical (unpaired) electrons. The molecule has 5 heteroatoms. The average Bonchev–Trinajstić information content (AvgIpc) is 1.69. The smallest absolute Gasteiger partial charge is 0.199 e. The molecular weight excluding hydrogens is 114 g/mol. The minimum absolute atomic E-state index is 0.755. The van der Waals surface area contributed by atoms with Crippen LogP contribution in [0.5, 0.6) is 0 Å². The highest BCUT2D eigenvalue weighted by Crippen LogP contribution is 1.44. The van der Waals surface area contributed by atoms with Crippen LogP contribution in [0.25, 0.3) is 0 Å². The third-order valence-electron chi connectivity index (χ3n) is 0.195. The molecule has 0 rings (SSSR count). The number of aliphatic hydroxyl groups excluding tert-OH is 1. The van der Waals surface area contributed by atoms with Crippen LogP contribution in [-0.4, -0.2) is 10.7 Å². The molecule has 0 amide bonds. The van der Waals surface area contributed by atoms with Crippen molar-refractivity contribution in [1.29, 1.82) is 5.26 Å². The average molecular weight is 117 g/mol. The molecule has 0 aliphatic carbocycles. The van der Waals surface area contributed by atoms with Crippen LogP contribution in [-0.2, 0) is 11.1 Å². The Kier molecular flexibility index (Phi) is 4.51. The third-order valence-corrected chi connectivity index (χ3v) is 0.486. The first-order valence-corrected chi connectivity index (χ1v) is 2.21. The highest BCUT2D eigenvalue weighted by Gasteiger charge is 1.55. The Morgan fingerprint density at radius 3 is 3.14 bits per heavy atom. The van der Waals surface area contributed by atoms with Gasteiger partial charge < -0.3 is 5.11 Å². The number of nitriles is 1. The lowest BCUT2D eigenvalue weighted by atomic mass is 11.4. The fraction of sp³-hybridized carbons (Fsp3) is 0. The van der Waals surface area contributed by atoms with E-state index in [1.807, 2.05) is 5.43 Å². The van der Waals surface area contributed by atoms with Gasteiger partial charge in [0, 0.05) is 11.1 Å². The van der Waals surface area contributed by atoms with Gasteiger partial charge in [0.05, 0.1) is 0 Å². The molecule has 0 spiro atoms. The largest absolute Gasteiger partial charge is 0.357 e. The summed E-state index contributed by atoms with van der Waals surface area (Å²) in [4.78, 5) is 0. The number of hydrogen-bond acceptors (Lipinski definition) is 2. The van der Waals surface area contributed by atoms with Gasteiger partial charge in [-0.3, -0.25) is 0 Å². The van der Waals surface area contributed by atoms with E-state index in [0.29, 0.717) is 0 Å². The first kappa shape index (κ1) is 6.14. The minimum Gasteiger partial charge on any atom is -0.357 e. The molecule has 0 aromatic rings. The normalized spacial score (nSPS) is 5.71. The standard InChI is InChI=1S/C2H3N3OS/c3-1-4-5-7-2-6/h2,4,6H. The predicted molar refractivity (Wildman–Crippen MR) is 27.2 cm³/mol. The third kappa shape index (κ3) is 5.14. The number of nitrogens with zero attached hydrogens (tertiary/aromatic N) is 2. The minimum atomic E-state index is 0.755. The Balaban J connectivity index is 3.33. The second-order valence-electron chi connectivity index (χ2n) is 0.526. The Morgan fingerprint density at radius 1 is 2.00 bits per heavy atom. The van der Waals surface area contributed by atoms with E-state index in [1.165, 1.54) is 6.19 Å². The van der Waals surface area contributed by atoms with Gasteiger partial charge in [0.2, 0.25) is 0 Å². The quantitative estimate of drug-likeness (QED) is 0.212. The van der Waals surface area contributed by atoms with Crippen LogP contribution in [0, 0.1) is 11.5 Å². The van der Waals surface area contributed by atoms with E-state index >= 15 is 0 Å². The van der Waals surface area contributed by atoms with E-state index in [4.69, 9.17) is 10.4 Å². The van der Waals surface area contributed by atoms with Gasteiger partial charge in [-0.1, -0.05) is 0 Å². The zero-order valence-corrected chi connectivity index (χ0v) is 4.14. The van der Waals surface area contributed by atoms with Gasteiger partial charge in [0.15, 0.2) is 6.19 Å². The first-order valence-electron chi connectivity index (χ1n) is 1.37. The summed E-state index contributed by atoms with van der Waals surface area (Å²) in [6.07, 6.45) is 1.53. The Hall–Kier alpha value is -0.860. The fourth-order valence-electron chi connectivity index (χ4n) is 0.0703. The second kappa shape index (κ2) is 5.14. The zero-order valence-electron chi connectivity index (χ0n) is 3.33. The van der Waals surface area contributed by atoms with Crippen molar-refractivity contribution in [2.75, 3.05) is 0 Å². The Morgan fingerprint density at radius 2 is 2.71 bits per heavy atom. The summed E-state index contributed by atoms with van der Waals surface area (Å²) < 4.78 is 3.21. The summed E-state index contributed by atoms with van der Waals surface area (Å²) in [5.74, 6) is 0. The lowest BCUT2D eigenvalue weighted by Crippen LogP contribution is -1.88. The van der Waals surface area contributed by atoms with E-state index < -0.39 is 0 Å². The molecule has 38 valence electrons. The summed E-state index contributed by atoms with van der Waals surface area (Å²) in [6, 6.07) is 0. The molecule has 2 N–H and O–H groups in total. The molecule has 0 atom stereocenters. The van der Waals surface area contributed by atoms with Gasteiger partial charge in [-0.2, -0.15) is 5.26 Å². The van der Waals surface area contributed by atoms with Gasteiger partial charge in [-0.25, -0.2) is 5.43 Å². The van der Waals surface area contributed by atoms with Crippen molar-refractivity contribution in [1.82, 2.24) is 5.43 Å². The fourth-order valence-corrected chi connectivity index (χ4v) is 0.211. The van der Waals surface area contributed by atoms with Gasteiger partial charge in [-0.05, 0) is 0 Å². The van der Waals surface area contributed by atoms with Crippen molar-refractivity contribution in [2.24, 2.45) is 4.47 Å². The van der Waals surface area contributed by atoms with E-state index in [1.54, 1.807) is 0 Å². The van der Waals surface area contributed by atoms with E-state index in [9.17, 15) is 0 Å². The molecule has 0 bridgehead atoms. The number of rotatable bonds is 1. The van der Waals surface area contributed by atoms with Crippen molar-refractivity contribution in [3.05, 3.63) is 0 Å². The van der Waals surface area contributed by atoms with Gasteiger partial charge in [0.1, 0.15) is 5.55 Å². The maximum absolute atomic E-state index is 7.89. The molecule has 0 saturated heterocycles.